The highest BCUT2D eigenvalue weighted by atomic mass is 31.3. The Morgan fingerprint density at radius 1 is 0.873 bits per heavy atom. The highest BCUT2D eigenvalue weighted by Crippen LogP contribution is 2.71. The number of aromatic nitrogens is 4. The predicted octanol–water partition coefficient (Wildman–Crippen LogP) is -2.24. The summed E-state index contributed by atoms with van der Waals surface area (Å²) in [4.78, 5) is 90.7. The third-order valence-corrected chi connectivity index (χ3v) is 14.2. The van der Waals surface area contributed by atoms with E-state index in [0.717, 1.165) is 54.6 Å². The summed E-state index contributed by atoms with van der Waals surface area (Å²) < 4.78 is 82.1. The van der Waals surface area contributed by atoms with Gasteiger partial charge in [-0.1, -0.05) is 13.8 Å². The second kappa shape index (κ2) is 17.7. The highest BCUT2D eigenvalue weighted by molar-refractivity contribution is 7.69. The van der Waals surface area contributed by atoms with Crippen molar-refractivity contribution < 1.29 is 89.7 Å². The number of methoxy groups -OCH3 is 1. The molecule has 314 valence electrons. The highest BCUT2D eigenvalue weighted by Gasteiger charge is 2.53. The first-order valence-electron chi connectivity index (χ1n) is 15.4. The SMILES string of the molecule is COC[C@@](O)(C(O)C(C)COP(=O)(O)OP(=O)(O)OP(=O)(O)OP(=O)(O)OCC(C)C1(O)COC(n2ccc(=O)[nH]c2=O)C1O)C(C)n1ccc(=O)[nH]c1=O. The lowest BCUT2D eigenvalue weighted by atomic mass is 9.83. The monoisotopic (exact) mass is 876 g/mol. The van der Waals surface area contributed by atoms with Crippen molar-refractivity contribution in [3.8, 4) is 0 Å². The zero-order chi connectivity index (χ0) is 41.9. The smallest absolute Gasteiger partial charge is 0.390 e. The molecule has 3 rings (SSSR count). The van der Waals surface area contributed by atoms with Crippen LogP contribution in [0.15, 0.2) is 43.7 Å². The summed E-state index contributed by atoms with van der Waals surface area (Å²) in [6, 6.07) is 0.543. The number of ether oxygens (including phenoxy) is 2. The molecule has 1 aliphatic heterocycles. The van der Waals surface area contributed by atoms with E-state index in [4.69, 9.17) is 9.47 Å². The van der Waals surface area contributed by atoms with Gasteiger partial charge in [0.1, 0.15) is 17.3 Å². The lowest BCUT2D eigenvalue weighted by Gasteiger charge is -2.40. The number of phosphoric ester groups is 2. The number of hydrogen-bond donors (Lipinski definition) is 10. The number of rotatable bonds is 20. The van der Waals surface area contributed by atoms with Crippen LogP contribution < -0.4 is 22.5 Å². The molecule has 2 aromatic heterocycles. The fourth-order valence-corrected chi connectivity index (χ4v) is 10.3. The first kappa shape index (κ1) is 47.1. The standard InChI is InChI=1S/C24H40N4O23P4/c1-13(18(31)24(36,11-45-4)15(3)27-7-5-16(29)25-21(27)33)9-47-52(37,38)49-54(41,42)51-55(43,44)50-53(39,40)48-10-14(2)23(35)12-46-20(19(23)32)28-8-6-17(30)26-22(28)34/h5-8,13-15,18-20,31-32,35-36H,9-12H2,1-4H3,(H,37,38)(H,39,40)(H,41,42)(H,43,44)(H,25,29,33)(H,26,30,34)/t13?,14?,15?,18?,19?,20?,23?,24-/m0/s1. The van der Waals surface area contributed by atoms with Crippen LogP contribution in [-0.2, 0) is 49.7 Å². The zero-order valence-electron chi connectivity index (χ0n) is 29.0. The quantitative estimate of drug-likeness (QED) is 0.0629. The van der Waals surface area contributed by atoms with Gasteiger partial charge in [0, 0.05) is 43.5 Å². The zero-order valence-corrected chi connectivity index (χ0v) is 32.6. The minimum absolute atomic E-state index is 0.653. The molecule has 55 heavy (non-hydrogen) atoms. The number of hydrogen-bond acceptors (Lipinski definition) is 19. The summed E-state index contributed by atoms with van der Waals surface area (Å²) in [5.74, 6) is -2.77. The van der Waals surface area contributed by atoms with Gasteiger partial charge >= 0.3 is 42.7 Å². The number of H-pyrrole nitrogens is 2. The molecule has 0 aliphatic carbocycles. The lowest BCUT2D eigenvalue weighted by Crippen LogP contribution is -2.56. The molecule has 11 unspecified atom stereocenters. The van der Waals surface area contributed by atoms with Gasteiger partial charge in [0.15, 0.2) is 6.23 Å². The van der Waals surface area contributed by atoms with Gasteiger partial charge < -0.3 is 49.5 Å². The van der Waals surface area contributed by atoms with Crippen molar-refractivity contribution in [3.63, 3.8) is 0 Å². The summed E-state index contributed by atoms with van der Waals surface area (Å²) in [5.41, 5.74) is -8.19. The Morgan fingerprint density at radius 3 is 1.87 bits per heavy atom. The molecule has 27 nitrogen and oxygen atoms in total. The molecule has 31 heteroatoms. The van der Waals surface area contributed by atoms with E-state index >= 15 is 0 Å². The summed E-state index contributed by atoms with van der Waals surface area (Å²) in [7, 11) is -22.9. The number of phosphoric acid groups is 4. The van der Waals surface area contributed by atoms with E-state index < -0.39 is 128 Å². The molecule has 12 atom stereocenters. The van der Waals surface area contributed by atoms with Crippen LogP contribution in [0.1, 0.15) is 33.0 Å². The number of aromatic amines is 2. The number of aliphatic hydroxyl groups excluding tert-OH is 2. The molecule has 0 aromatic carbocycles. The van der Waals surface area contributed by atoms with Crippen LogP contribution in [0.5, 0.6) is 0 Å². The van der Waals surface area contributed by atoms with Crippen LogP contribution in [0.4, 0.5) is 0 Å². The van der Waals surface area contributed by atoms with Gasteiger partial charge in [0.25, 0.3) is 11.1 Å². The summed E-state index contributed by atoms with van der Waals surface area (Å²) >= 11 is 0. The molecular weight excluding hydrogens is 836 g/mol. The Balaban J connectivity index is 1.60. The molecular formula is C24H40N4O23P4. The molecule has 0 saturated carbocycles. The van der Waals surface area contributed by atoms with Crippen LogP contribution in [0.25, 0.3) is 0 Å². The van der Waals surface area contributed by atoms with E-state index in [1.165, 1.54) is 6.92 Å². The van der Waals surface area contributed by atoms with E-state index in [-0.39, 0.29) is 0 Å². The molecule has 2 aromatic rings. The number of nitrogens with zero attached hydrogens (tertiary/aromatic N) is 2. The second-order valence-electron chi connectivity index (χ2n) is 12.3. The third kappa shape index (κ3) is 11.9. The van der Waals surface area contributed by atoms with Crippen LogP contribution in [0.2, 0.25) is 0 Å². The second-order valence-corrected chi connectivity index (χ2v) is 18.5. The van der Waals surface area contributed by atoms with Crippen molar-refractivity contribution >= 4 is 31.3 Å². The van der Waals surface area contributed by atoms with Crippen molar-refractivity contribution in [2.45, 2.75) is 56.5 Å². The molecule has 1 fully saturated rings. The Hall–Kier alpha value is -2.32. The maximum absolute atomic E-state index is 12.5. The average Bonchev–Trinajstić information content (AvgIpc) is 3.34. The van der Waals surface area contributed by atoms with Crippen molar-refractivity contribution in [2.24, 2.45) is 11.8 Å². The minimum atomic E-state index is -6.23. The van der Waals surface area contributed by atoms with Gasteiger partial charge in [0.2, 0.25) is 0 Å². The molecule has 1 aliphatic rings. The van der Waals surface area contributed by atoms with Gasteiger partial charge in [-0.05, 0) is 6.92 Å². The van der Waals surface area contributed by atoms with E-state index in [0.29, 0.717) is 0 Å². The van der Waals surface area contributed by atoms with Gasteiger partial charge in [-0.25, -0.2) is 27.8 Å². The van der Waals surface area contributed by atoms with Gasteiger partial charge in [-0.3, -0.25) is 37.7 Å². The first-order chi connectivity index (χ1) is 25.1. The van der Waals surface area contributed by atoms with Crippen LogP contribution >= 0.6 is 31.3 Å². The maximum atomic E-state index is 12.5. The normalized spacial score (nSPS) is 26.7. The average molecular weight is 876 g/mol. The molecule has 0 spiro atoms. The van der Waals surface area contributed by atoms with Crippen LogP contribution in [0, 0.1) is 11.8 Å². The Labute approximate surface area is 308 Å². The fourth-order valence-electron chi connectivity index (χ4n) is 5.21. The Bertz CT molecular complexity index is 2110. The number of aliphatic hydroxyl groups is 4. The minimum Gasteiger partial charge on any atom is -0.390 e. The third-order valence-electron chi connectivity index (χ3n) is 8.27. The predicted molar refractivity (Wildman–Crippen MR) is 179 cm³/mol. The van der Waals surface area contributed by atoms with Crippen LogP contribution in [0.3, 0.4) is 0 Å². The molecule has 0 amide bonds. The summed E-state index contributed by atoms with van der Waals surface area (Å²) in [6.07, 6.45) is -3.46. The topological polar surface area (TPSA) is 404 Å². The fraction of sp³-hybridized carbons (Fsp3) is 0.667. The molecule has 3 heterocycles. The Morgan fingerprint density at radius 2 is 1.36 bits per heavy atom. The van der Waals surface area contributed by atoms with E-state index in [9.17, 15) is 77.4 Å². The molecule has 0 bridgehead atoms. The Kier molecular flexibility index (Phi) is 15.1. The van der Waals surface area contributed by atoms with E-state index in [1.54, 1.807) is 0 Å². The molecule has 0 radical (unpaired) electrons. The van der Waals surface area contributed by atoms with Crippen molar-refractivity contribution in [1.29, 1.82) is 0 Å². The first-order valence-corrected chi connectivity index (χ1v) is 21.4. The van der Waals surface area contributed by atoms with Crippen molar-refractivity contribution in [1.82, 2.24) is 19.1 Å². The van der Waals surface area contributed by atoms with E-state index in [1.807, 2.05) is 9.97 Å². The van der Waals surface area contributed by atoms with Crippen LogP contribution in [-0.4, -0.2) is 116 Å². The number of nitrogens with one attached hydrogen (secondary N) is 2. The summed E-state index contributed by atoms with van der Waals surface area (Å²) in [6.45, 7) is 0.0622. The molecule has 10 N–H and O–H groups in total. The van der Waals surface area contributed by atoms with Gasteiger partial charge in [0.05, 0.1) is 38.6 Å². The maximum Gasteiger partial charge on any atom is 0.490 e. The molecule has 1 saturated heterocycles. The van der Waals surface area contributed by atoms with E-state index in [2.05, 4.69) is 22.0 Å². The van der Waals surface area contributed by atoms with Crippen molar-refractivity contribution in [3.05, 3.63) is 66.2 Å². The van der Waals surface area contributed by atoms with Crippen molar-refractivity contribution in [2.75, 3.05) is 33.5 Å². The largest absolute Gasteiger partial charge is 0.490 e. The van der Waals surface area contributed by atoms with Gasteiger partial charge in [-0.2, -0.15) is 12.9 Å². The summed E-state index contributed by atoms with van der Waals surface area (Å²) in [5, 5.41) is 43.9. The van der Waals surface area contributed by atoms with Gasteiger partial charge in [-0.15, -0.1) is 0 Å². The lowest BCUT2D eigenvalue weighted by molar-refractivity contribution is -0.159.